The Bertz CT molecular complexity index is 746. The molecule has 0 radical (unpaired) electrons. The maximum Gasteiger partial charge on any atom is 0.258 e. The highest BCUT2D eigenvalue weighted by Gasteiger charge is 2.28. The number of aromatic hydroxyl groups is 1. The molecule has 1 fully saturated rings. The van der Waals surface area contributed by atoms with Crippen molar-refractivity contribution in [2.75, 3.05) is 26.2 Å². The van der Waals surface area contributed by atoms with Crippen molar-refractivity contribution in [3.63, 3.8) is 0 Å². The maximum absolute atomic E-state index is 12.6. The van der Waals surface area contributed by atoms with Crippen molar-refractivity contribution in [1.29, 1.82) is 0 Å². The number of hydrogen-bond donors (Lipinski definition) is 1. The highest BCUT2D eigenvalue weighted by atomic mass is 16.3. The number of rotatable bonds is 4. The lowest BCUT2D eigenvalue weighted by molar-refractivity contribution is -0.135. The Morgan fingerprint density at radius 2 is 2.17 bits per heavy atom. The van der Waals surface area contributed by atoms with Gasteiger partial charge in [-0.2, -0.15) is 0 Å². The van der Waals surface area contributed by atoms with Crippen molar-refractivity contribution in [2.45, 2.75) is 13.3 Å². The summed E-state index contributed by atoms with van der Waals surface area (Å²) < 4.78 is 1.38. The molecule has 0 unspecified atom stereocenters. The summed E-state index contributed by atoms with van der Waals surface area (Å²) in [6.07, 6.45) is 2.28. The van der Waals surface area contributed by atoms with Crippen LogP contribution in [-0.4, -0.2) is 73.1 Å². The van der Waals surface area contributed by atoms with Crippen LogP contribution in [0.5, 0.6) is 5.75 Å². The van der Waals surface area contributed by atoms with Crippen LogP contribution in [0, 0.1) is 0 Å². The number of benzene rings is 1. The number of aromatic nitrogens is 4. The number of piperazine rings is 1. The van der Waals surface area contributed by atoms with Gasteiger partial charge in [-0.15, -0.1) is 5.10 Å². The molecule has 0 aliphatic carbocycles. The summed E-state index contributed by atoms with van der Waals surface area (Å²) >= 11 is 0. The van der Waals surface area contributed by atoms with Gasteiger partial charge in [-0.25, -0.2) is 4.68 Å². The van der Waals surface area contributed by atoms with Crippen LogP contribution in [0.3, 0.4) is 0 Å². The van der Waals surface area contributed by atoms with Gasteiger partial charge in [0.15, 0.2) is 0 Å². The summed E-state index contributed by atoms with van der Waals surface area (Å²) in [7, 11) is 0. The van der Waals surface area contributed by atoms with E-state index in [0.717, 1.165) is 6.42 Å². The third-order valence-corrected chi connectivity index (χ3v) is 3.92. The van der Waals surface area contributed by atoms with Crippen molar-refractivity contribution in [2.24, 2.45) is 0 Å². The molecule has 1 aliphatic heterocycles. The first-order chi connectivity index (χ1) is 11.6. The zero-order chi connectivity index (χ0) is 17.1. The van der Waals surface area contributed by atoms with E-state index < -0.39 is 0 Å². The van der Waals surface area contributed by atoms with Crippen molar-refractivity contribution in [3.05, 3.63) is 30.1 Å². The minimum Gasteiger partial charge on any atom is -0.507 e. The van der Waals surface area contributed by atoms with Gasteiger partial charge in [0, 0.05) is 25.7 Å². The van der Waals surface area contributed by atoms with E-state index in [-0.39, 0.29) is 29.7 Å². The Balaban J connectivity index is 1.75. The van der Waals surface area contributed by atoms with E-state index in [2.05, 4.69) is 15.5 Å². The van der Waals surface area contributed by atoms with E-state index in [9.17, 15) is 14.7 Å². The Morgan fingerprint density at radius 1 is 1.33 bits per heavy atom. The molecule has 1 saturated heterocycles. The van der Waals surface area contributed by atoms with Crippen LogP contribution in [0.25, 0.3) is 5.69 Å². The number of phenolic OH excluding ortho intramolecular Hbond substituents is 1. The quantitative estimate of drug-likeness (QED) is 0.850. The fourth-order valence-electron chi connectivity index (χ4n) is 2.68. The van der Waals surface area contributed by atoms with Gasteiger partial charge >= 0.3 is 0 Å². The number of carbonyl (C=O) groups is 2. The normalized spacial score (nSPS) is 15.0. The van der Waals surface area contributed by atoms with Gasteiger partial charge in [0.2, 0.25) is 5.91 Å². The Labute approximate surface area is 138 Å². The first-order valence-corrected chi connectivity index (χ1v) is 7.73. The minimum absolute atomic E-state index is 0.0347. The third-order valence-electron chi connectivity index (χ3n) is 3.92. The SMILES string of the molecule is CCCN1CCN(C(=O)c2ccc(-n3cnnn3)cc2O)CC1=O. The van der Waals surface area contributed by atoms with Gasteiger partial charge in [0.25, 0.3) is 5.91 Å². The lowest BCUT2D eigenvalue weighted by Crippen LogP contribution is -2.52. The predicted octanol–water partition coefficient (Wildman–Crippen LogP) is 0.0623. The van der Waals surface area contributed by atoms with Crippen LogP contribution in [0.15, 0.2) is 24.5 Å². The first-order valence-electron chi connectivity index (χ1n) is 7.73. The van der Waals surface area contributed by atoms with Crippen LogP contribution in [-0.2, 0) is 4.79 Å². The topological polar surface area (TPSA) is 104 Å². The number of phenols is 1. The van der Waals surface area contributed by atoms with Crippen molar-refractivity contribution in [3.8, 4) is 11.4 Å². The second-order valence-electron chi connectivity index (χ2n) is 5.56. The number of tetrazole rings is 1. The van der Waals surface area contributed by atoms with Crippen molar-refractivity contribution < 1.29 is 14.7 Å². The summed E-state index contributed by atoms with van der Waals surface area (Å²) in [5.74, 6) is -0.599. The molecule has 1 aromatic carbocycles. The molecule has 9 nitrogen and oxygen atoms in total. The van der Waals surface area contributed by atoms with Gasteiger partial charge in [-0.1, -0.05) is 6.92 Å². The molecule has 0 bridgehead atoms. The fourth-order valence-corrected chi connectivity index (χ4v) is 2.68. The number of amides is 2. The number of carbonyl (C=O) groups excluding carboxylic acids is 2. The molecule has 0 spiro atoms. The average Bonchev–Trinajstić information content (AvgIpc) is 3.11. The smallest absolute Gasteiger partial charge is 0.258 e. The number of nitrogens with zero attached hydrogens (tertiary/aromatic N) is 6. The van der Waals surface area contributed by atoms with Gasteiger partial charge in [0.05, 0.1) is 11.3 Å². The van der Waals surface area contributed by atoms with E-state index >= 15 is 0 Å². The molecule has 3 rings (SSSR count). The maximum atomic E-state index is 12.6. The molecule has 24 heavy (non-hydrogen) atoms. The van der Waals surface area contributed by atoms with Gasteiger partial charge < -0.3 is 14.9 Å². The molecule has 1 aliphatic rings. The van der Waals surface area contributed by atoms with E-state index in [4.69, 9.17) is 0 Å². The van der Waals surface area contributed by atoms with Crippen LogP contribution in [0.1, 0.15) is 23.7 Å². The van der Waals surface area contributed by atoms with Crippen LogP contribution in [0.4, 0.5) is 0 Å². The van der Waals surface area contributed by atoms with Crippen LogP contribution in [0.2, 0.25) is 0 Å². The molecular weight excluding hydrogens is 312 g/mol. The third kappa shape index (κ3) is 3.05. The first kappa shape index (κ1) is 15.9. The van der Waals surface area contributed by atoms with E-state index in [1.54, 1.807) is 11.0 Å². The van der Waals surface area contributed by atoms with Crippen molar-refractivity contribution >= 4 is 11.8 Å². The number of hydrogen-bond acceptors (Lipinski definition) is 6. The second-order valence-corrected chi connectivity index (χ2v) is 5.56. The van der Waals surface area contributed by atoms with E-state index in [1.165, 1.54) is 28.0 Å². The molecule has 126 valence electrons. The molecular formula is C15H18N6O3. The molecule has 1 N–H and O–H groups in total. The molecule has 0 atom stereocenters. The largest absolute Gasteiger partial charge is 0.507 e. The molecule has 9 heteroatoms. The molecule has 2 amide bonds. The fraction of sp³-hybridized carbons (Fsp3) is 0.400. The van der Waals surface area contributed by atoms with Crippen molar-refractivity contribution in [1.82, 2.24) is 30.0 Å². The highest BCUT2D eigenvalue weighted by Crippen LogP contribution is 2.23. The zero-order valence-electron chi connectivity index (χ0n) is 13.3. The van der Waals surface area contributed by atoms with E-state index in [1.807, 2.05) is 6.92 Å². The molecule has 0 saturated carbocycles. The van der Waals surface area contributed by atoms with Gasteiger partial charge in [-0.3, -0.25) is 9.59 Å². The van der Waals surface area contributed by atoms with E-state index in [0.29, 0.717) is 25.3 Å². The Kier molecular flexibility index (Phi) is 4.41. The minimum atomic E-state index is -0.361. The second kappa shape index (κ2) is 6.65. The van der Waals surface area contributed by atoms with Crippen LogP contribution >= 0.6 is 0 Å². The Hall–Kier alpha value is -2.97. The lowest BCUT2D eigenvalue weighted by atomic mass is 10.1. The van der Waals surface area contributed by atoms with Gasteiger partial charge in [0.1, 0.15) is 18.6 Å². The lowest BCUT2D eigenvalue weighted by Gasteiger charge is -2.34. The standard InChI is InChI=1S/C15H18N6O3/c1-2-5-19-6-7-20(9-14(19)23)15(24)12-4-3-11(8-13(12)22)21-10-16-17-18-21/h3-4,8,10,22H,2,5-7,9H2,1H3. The highest BCUT2D eigenvalue weighted by molar-refractivity contribution is 5.99. The zero-order valence-corrected chi connectivity index (χ0v) is 13.3. The monoisotopic (exact) mass is 330 g/mol. The average molecular weight is 330 g/mol. The molecule has 2 heterocycles. The van der Waals surface area contributed by atoms with Crippen LogP contribution < -0.4 is 0 Å². The summed E-state index contributed by atoms with van der Waals surface area (Å²) in [5.41, 5.74) is 0.696. The Morgan fingerprint density at radius 3 is 2.79 bits per heavy atom. The predicted molar refractivity (Wildman–Crippen MR) is 83.6 cm³/mol. The summed E-state index contributed by atoms with van der Waals surface area (Å²) in [6, 6.07) is 4.56. The summed E-state index contributed by atoms with van der Waals surface area (Å²) in [5, 5.41) is 20.9. The summed E-state index contributed by atoms with van der Waals surface area (Å²) in [4.78, 5) is 27.9. The van der Waals surface area contributed by atoms with Gasteiger partial charge in [-0.05, 0) is 29.0 Å². The summed E-state index contributed by atoms with van der Waals surface area (Å²) in [6.45, 7) is 3.72. The molecule has 1 aromatic heterocycles. The molecule has 2 aromatic rings.